The first-order valence-electron chi connectivity index (χ1n) is 6.48. The normalized spacial score (nSPS) is 31.9. The van der Waals surface area contributed by atoms with Crippen LogP contribution >= 0.6 is 0 Å². The lowest BCUT2D eigenvalue weighted by atomic mass is 9.70. The Balaban J connectivity index is 2.51. The highest BCUT2D eigenvalue weighted by molar-refractivity contribution is 4.94. The molecule has 3 nitrogen and oxygen atoms in total. The van der Waals surface area contributed by atoms with E-state index in [2.05, 4.69) is 26.1 Å². The van der Waals surface area contributed by atoms with Gasteiger partial charge in [0.25, 0.3) is 0 Å². The maximum Gasteiger partial charge on any atom is 0.0618 e. The molecule has 96 valence electrons. The summed E-state index contributed by atoms with van der Waals surface area (Å²) < 4.78 is 10.8. The minimum absolute atomic E-state index is 0.322. The molecular weight excluding hydrogens is 202 g/mol. The van der Waals surface area contributed by atoms with E-state index in [0.29, 0.717) is 17.4 Å². The molecule has 3 atom stereocenters. The Morgan fingerprint density at radius 3 is 2.81 bits per heavy atom. The summed E-state index contributed by atoms with van der Waals surface area (Å²) >= 11 is 0. The zero-order valence-corrected chi connectivity index (χ0v) is 11.2. The fourth-order valence-electron chi connectivity index (χ4n) is 2.75. The number of hydrogen-bond acceptors (Lipinski definition) is 3. The quantitative estimate of drug-likeness (QED) is 0.678. The average Bonchev–Trinajstić information content (AvgIpc) is 2.66. The van der Waals surface area contributed by atoms with Crippen LogP contribution in [-0.2, 0) is 9.47 Å². The van der Waals surface area contributed by atoms with Crippen LogP contribution in [0.5, 0.6) is 0 Å². The Bertz CT molecular complexity index is 198. The Hall–Kier alpha value is -0.120. The minimum atomic E-state index is 0.322. The fraction of sp³-hybridized carbons (Fsp3) is 1.00. The van der Waals surface area contributed by atoms with Gasteiger partial charge in [0.15, 0.2) is 0 Å². The van der Waals surface area contributed by atoms with Gasteiger partial charge in [-0.25, -0.2) is 0 Å². The van der Waals surface area contributed by atoms with E-state index in [-0.39, 0.29) is 0 Å². The van der Waals surface area contributed by atoms with Gasteiger partial charge in [0.05, 0.1) is 12.7 Å². The Kier molecular flexibility index (Phi) is 5.73. The number of methoxy groups -OCH3 is 1. The molecule has 0 aromatic rings. The molecule has 0 aliphatic carbocycles. The number of ether oxygens (including phenoxy) is 2. The van der Waals surface area contributed by atoms with Crippen molar-refractivity contribution in [3.63, 3.8) is 0 Å². The topological polar surface area (TPSA) is 30.5 Å². The second-order valence-corrected chi connectivity index (χ2v) is 4.98. The summed E-state index contributed by atoms with van der Waals surface area (Å²) in [6.45, 7) is 10.5. The molecule has 3 unspecified atom stereocenters. The lowest BCUT2D eigenvalue weighted by Crippen LogP contribution is -2.44. The van der Waals surface area contributed by atoms with Gasteiger partial charge < -0.3 is 14.8 Å². The fourth-order valence-corrected chi connectivity index (χ4v) is 2.75. The summed E-state index contributed by atoms with van der Waals surface area (Å²) in [5.74, 6) is 0.708. The van der Waals surface area contributed by atoms with Crippen LogP contribution in [0.1, 0.15) is 33.6 Å². The molecule has 0 amide bonds. The third-order valence-corrected chi connectivity index (χ3v) is 4.28. The minimum Gasteiger partial charge on any atom is -0.383 e. The highest BCUT2D eigenvalue weighted by Gasteiger charge is 2.44. The lowest BCUT2D eigenvalue weighted by molar-refractivity contribution is 0.0304. The van der Waals surface area contributed by atoms with Gasteiger partial charge in [0, 0.05) is 32.2 Å². The molecule has 0 radical (unpaired) electrons. The summed E-state index contributed by atoms with van der Waals surface area (Å²) in [6.07, 6.45) is 2.78. The second kappa shape index (κ2) is 6.58. The van der Waals surface area contributed by atoms with Gasteiger partial charge in [0.2, 0.25) is 0 Å². The summed E-state index contributed by atoms with van der Waals surface area (Å²) in [5.41, 5.74) is 0.322. The van der Waals surface area contributed by atoms with Crippen LogP contribution in [0.15, 0.2) is 0 Å². The molecule has 0 aromatic heterocycles. The average molecular weight is 229 g/mol. The van der Waals surface area contributed by atoms with Crippen LogP contribution in [0.25, 0.3) is 0 Å². The van der Waals surface area contributed by atoms with Crippen LogP contribution in [0.4, 0.5) is 0 Å². The molecule has 0 spiro atoms. The SMILES string of the molecule is CCC(C)C1(CNCCOC)CCOC1C. The van der Waals surface area contributed by atoms with E-state index in [1.54, 1.807) is 7.11 Å². The van der Waals surface area contributed by atoms with Crippen molar-refractivity contribution >= 4 is 0 Å². The predicted octanol–water partition coefficient (Wildman–Crippen LogP) is 2.06. The highest BCUT2D eigenvalue weighted by atomic mass is 16.5. The van der Waals surface area contributed by atoms with Crippen molar-refractivity contribution in [3.05, 3.63) is 0 Å². The van der Waals surface area contributed by atoms with E-state index >= 15 is 0 Å². The van der Waals surface area contributed by atoms with Crippen molar-refractivity contribution in [3.8, 4) is 0 Å². The molecule has 1 heterocycles. The third-order valence-electron chi connectivity index (χ3n) is 4.28. The molecule has 16 heavy (non-hydrogen) atoms. The third kappa shape index (κ3) is 2.96. The Morgan fingerprint density at radius 1 is 1.56 bits per heavy atom. The van der Waals surface area contributed by atoms with Crippen LogP contribution < -0.4 is 5.32 Å². The molecule has 0 saturated carbocycles. The van der Waals surface area contributed by atoms with Crippen molar-refractivity contribution in [1.82, 2.24) is 5.32 Å². The van der Waals surface area contributed by atoms with Crippen LogP contribution in [0, 0.1) is 11.3 Å². The molecule has 1 rings (SSSR count). The monoisotopic (exact) mass is 229 g/mol. The van der Waals surface area contributed by atoms with Gasteiger partial charge >= 0.3 is 0 Å². The van der Waals surface area contributed by atoms with E-state index in [1.165, 1.54) is 12.8 Å². The van der Waals surface area contributed by atoms with E-state index in [0.717, 1.165) is 26.3 Å². The van der Waals surface area contributed by atoms with Crippen molar-refractivity contribution < 1.29 is 9.47 Å². The Morgan fingerprint density at radius 2 is 2.31 bits per heavy atom. The van der Waals surface area contributed by atoms with Gasteiger partial charge in [-0.05, 0) is 19.3 Å². The van der Waals surface area contributed by atoms with E-state index in [1.807, 2.05) is 0 Å². The number of rotatable bonds is 7. The van der Waals surface area contributed by atoms with Crippen molar-refractivity contribution in [2.45, 2.75) is 39.7 Å². The first kappa shape index (κ1) is 13.9. The molecular formula is C13H27NO2. The standard InChI is InChI=1S/C13H27NO2/c1-5-11(2)13(6-8-16-12(13)3)10-14-7-9-15-4/h11-12,14H,5-10H2,1-4H3. The first-order valence-corrected chi connectivity index (χ1v) is 6.48. The van der Waals surface area contributed by atoms with Gasteiger partial charge in [-0.15, -0.1) is 0 Å². The molecule has 1 saturated heterocycles. The molecule has 1 aliphatic rings. The summed E-state index contributed by atoms with van der Waals surface area (Å²) in [4.78, 5) is 0. The smallest absolute Gasteiger partial charge is 0.0618 e. The summed E-state index contributed by atoms with van der Waals surface area (Å²) in [6, 6.07) is 0. The molecule has 0 bridgehead atoms. The van der Waals surface area contributed by atoms with Crippen LogP contribution in [0.3, 0.4) is 0 Å². The van der Waals surface area contributed by atoms with Crippen molar-refractivity contribution in [2.75, 3.05) is 33.4 Å². The summed E-state index contributed by atoms with van der Waals surface area (Å²) in [7, 11) is 1.74. The van der Waals surface area contributed by atoms with Gasteiger partial charge in [-0.2, -0.15) is 0 Å². The molecule has 1 aliphatic heterocycles. The second-order valence-electron chi connectivity index (χ2n) is 4.98. The van der Waals surface area contributed by atoms with E-state index in [4.69, 9.17) is 9.47 Å². The van der Waals surface area contributed by atoms with Gasteiger partial charge in [-0.1, -0.05) is 20.3 Å². The van der Waals surface area contributed by atoms with Crippen molar-refractivity contribution in [2.24, 2.45) is 11.3 Å². The zero-order chi connectivity index (χ0) is 12.0. The molecule has 1 N–H and O–H groups in total. The van der Waals surface area contributed by atoms with Gasteiger partial charge in [-0.3, -0.25) is 0 Å². The maximum atomic E-state index is 5.78. The lowest BCUT2D eigenvalue weighted by Gasteiger charge is -2.38. The van der Waals surface area contributed by atoms with Crippen molar-refractivity contribution in [1.29, 1.82) is 0 Å². The first-order chi connectivity index (χ1) is 7.67. The molecule has 0 aromatic carbocycles. The van der Waals surface area contributed by atoms with E-state index < -0.39 is 0 Å². The molecule has 1 fully saturated rings. The van der Waals surface area contributed by atoms with Gasteiger partial charge in [0.1, 0.15) is 0 Å². The highest BCUT2D eigenvalue weighted by Crippen LogP contribution is 2.42. The largest absolute Gasteiger partial charge is 0.383 e. The maximum absolute atomic E-state index is 5.78. The van der Waals surface area contributed by atoms with Crippen LogP contribution in [0.2, 0.25) is 0 Å². The number of nitrogens with one attached hydrogen (secondary N) is 1. The molecule has 3 heteroatoms. The zero-order valence-electron chi connectivity index (χ0n) is 11.2. The summed E-state index contributed by atoms with van der Waals surface area (Å²) in [5, 5.41) is 3.51. The van der Waals surface area contributed by atoms with Crippen LogP contribution in [-0.4, -0.2) is 39.5 Å². The number of hydrogen-bond donors (Lipinski definition) is 1. The predicted molar refractivity (Wildman–Crippen MR) is 66.7 cm³/mol. The van der Waals surface area contributed by atoms with E-state index in [9.17, 15) is 0 Å². The Labute approximate surface area is 99.9 Å².